The van der Waals surface area contributed by atoms with Crippen molar-refractivity contribution in [2.75, 3.05) is 13.7 Å². The summed E-state index contributed by atoms with van der Waals surface area (Å²) in [5.74, 6) is -1.15. The highest BCUT2D eigenvalue weighted by Gasteiger charge is 2.19. The number of nitrogens with zero attached hydrogens (tertiary/aromatic N) is 1. The Kier molecular flexibility index (Phi) is 5.74. The van der Waals surface area contributed by atoms with E-state index in [0.29, 0.717) is 5.69 Å². The lowest BCUT2D eigenvalue weighted by Crippen LogP contribution is -2.48. The number of carbonyl (C=O) groups excluding carboxylic acids is 1. The van der Waals surface area contributed by atoms with E-state index in [1.807, 2.05) is 19.1 Å². The quantitative estimate of drug-likeness (QED) is 0.687. The van der Waals surface area contributed by atoms with Crippen LogP contribution in [0.15, 0.2) is 18.2 Å². The Morgan fingerprint density at radius 2 is 2.21 bits per heavy atom. The van der Waals surface area contributed by atoms with E-state index in [0.717, 1.165) is 5.69 Å². The molecule has 1 aromatic heterocycles. The summed E-state index contributed by atoms with van der Waals surface area (Å²) in [6.45, 7) is 1.99. The molecule has 1 unspecified atom stereocenters. The van der Waals surface area contributed by atoms with Crippen LogP contribution in [-0.4, -0.2) is 41.8 Å². The molecule has 3 N–H and O–H groups in total. The minimum absolute atomic E-state index is 0.0918. The number of hydrogen-bond donors (Lipinski definition) is 3. The average Bonchev–Trinajstić information content (AvgIpc) is 2.36. The standard InChI is InChI=1S/C12H17N3O4/c1-8-4-3-5-9(14-8)6-13-12(18)15-10(7-19-2)11(16)17/h3-5,10H,6-7H2,1-2H3,(H,16,17)(H2,13,15,18). The first-order valence-electron chi connectivity index (χ1n) is 5.71. The van der Waals surface area contributed by atoms with Crippen molar-refractivity contribution in [2.45, 2.75) is 19.5 Å². The highest BCUT2D eigenvalue weighted by Crippen LogP contribution is 1.97. The third kappa shape index (κ3) is 5.35. The van der Waals surface area contributed by atoms with Gasteiger partial charge in [-0.25, -0.2) is 9.59 Å². The molecule has 0 fully saturated rings. The molecule has 0 saturated carbocycles. The predicted molar refractivity (Wildman–Crippen MR) is 67.6 cm³/mol. The lowest BCUT2D eigenvalue weighted by Gasteiger charge is -2.14. The van der Waals surface area contributed by atoms with Crippen molar-refractivity contribution in [3.05, 3.63) is 29.6 Å². The van der Waals surface area contributed by atoms with Gasteiger partial charge < -0.3 is 20.5 Å². The van der Waals surface area contributed by atoms with E-state index in [1.54, 1.807) is 6.07 Å². The minimum atomic E-state index is -1.15. The van der Waals surface area contributed by atoms with E-state index >= 15 is 0 Å². The summed E-state index contributed by atoms with van der Waals surface area (Å²) < 4.78 is 4.71. The summed E-state index contributed by atoms with van der Waals surface area (Å²) in [5, 5.41) is 13.7. The van der Waals surface area contributed by atoms with Gasteiger partial charge in [-0.1, -0.05) is 6.07 Å². The van der Waals surface area contributed by atoms with Gasteiger partial charge in [0.05, 0.1) is 18.8 Å². The first kappa shape index (κ1) is 14.9. The number of aliphatic carboxylic acids is 1. The summed E-state index contributed by atoms with van der Waals surface area (Å²) in [6.07, 6.45) is 0. The van der Waals surface area contributed by atoms with E-state index in [4.69, 9.17) is 9.84 Å². The van der Waals surface area contributed by atoms with Gasteiger partial charge in [0.25, 0.3) is 0 Å². The zero-order chi connectivity index (χ0) is 14.3. The van der Waals surface area contributed by atoms with Gasteiger partial charge in [-0.05, 0) is 19.1 Å². The van der Waals surface area contributed by atoms with Gasteiger partial charge in [0.1, 0.15) is 0 Å². The number of pyridine rings is 1. The molecule has 0 aromatic carbocycles. The fraction of sp³-hybridized carbons (Fsp3) is 0.417. The lowest BCUT2D eigenvalue weighted by atomic mass is 10.3. The second-order valence-electron chi connectivity index (χ2n) is 3.94. The van der Waals surface area contributed by atoms with Crippen LogP contribution in [0, 0.1) is 6.92 Å². The molecule has 19 heavy (non-hydrogen) atoms. The SMILES string of the molecule is COCC(NC(=O)NCc1cccc(C)n1)C(=O)O. The summed E-state index contributed by atoms with van der Waals surface area (Å²) in [7, 11) is 1.37. The van der Waals surface area contributed by atoms with Crippen LogP contribution < -0.4 is 10.6 Å². The molecule has 104 valence electrons. The molecular formula is C12H17N3O4. The Balaban J connectivity index is 2.44. The molecule has 1 atom stereocenters. The van der Waals surface area contributed by atoms with Gasteiger partial charge in [0.2, 0.25) is 0 Å². The molecule has 2 amide bonds. The van der Waals surface area contributed by atoms with Gasteiger partial charge in [0, 0.05) is 12.8 Å². The molecular weight excluding hydrogens is 250 g/mol. The zero-order valence-electron chi connectivity index (χ0n) is 10.8. The first-order valence-corrected chi connectivity index (χ1v) is 5.71. The fourth-order valence-corrected chi connectivity index (χ4v) is 1.42. The fourth-order valence-electron chi connectivity index (χ4n) is 1.42. The number of urea groups is 1. The Labute approximate surface area is 111 Å². The topological polar surface area (TPSA) is 101 Å². The van der Waals surface area contributed by atoms with Crippen molar-refractivity contribution in [1.82, 2.24) is 15.6 Å². The van der Waals surface area contributed by atoms with Crippen LogP contribution in [0.2, 0.25) is 0 Å². The summed E-state index contributed by atoms with van der Waals surface area (Å²) in [4.78, 5) is 26.5. The van der Waals surface area contributed by atoms with Crippen LogP contribution in [0.5, 0.6) is 0 Å². The predicted octanol–water partition coefficient (Wildman–Crippen LogP) is 0.289. The molecule has 0 aliphatic carbocycles. The Hall–Kier alpha value is -2.15. The highest BCUT2D eigenvalue weighted by molar-refractivity contribution is 5.82. The number of carboxylic acids is 1. The van der Waals surface area contributed by atoms with Crippen molar-refractivity contribution >= 4 is 12.0 Å². The zero-order valence-corrected chi connectivity index (χ0v) is 10.8. The Morgan fingerprint density at radius 1 is 1.47 bits per heavy atom. The smallest absolute Gasteiger partial charge is 0.328 e. The Bertz CT molecular complexity index is 450. The minimum Gasteiger partial charge on any atom is -0.480 e. The number of hydrogen-bond acceptors (Lipinski definition) is 4. The lowest BCUT2D eigenvalue weighted by molar-refractivity contribution is -0.140. The molecule has 7 heteroatoms. The van der Waals surface area contributed by atoms with Crippen LogP contribution >= 0.6 is 0 Å². The van der Waals surface area contributed by atoms with Gasteiger partial charge in [-0.3, -0.25) is 4.98 Å². The number of rotatable bonds is 6. The van der Waals surface area contributed by atoms with Gasteiger partial charge >= 0.3 is 12.0 Å². The van der Waals surface area contributed by atoms with Crippen LogP contribution in [-0.2, 0) is 16.1 Å². The first-order chi connectivity index (χ1) is 9.02. The summed E-state index contributed by atoms with van der Waals surface area (Å²) in [5.41, 5.74) is 1.55. The maximum Gasteiger partial charge on any atom is 0.328 e. The molecule has 0 radical (unpaired) electrons. The van der Waals surface area contributed by atoms with Gasteiger partial charge in [-0.2, -0.15) is 0 Å². The third-order valence-corrected chi connectivity index (χ3v) is 2.31. The van der Waals surface area contributed by atoms with Crippen LogP contribution in [0.1, 0.15) is 11.4 Å². The van der Waals surface area contributed by atoms with Crippen LogP contribution in [0.3, 0.4) is 0 Å². The molecule has 1 heterocycles. The number of amides is 2. The molecule has 0 aliphatic rings. The van der Waals surface area contributed by atoms with E-state index in [-0.39, 0.29) is 13.2 Å². The largest absolute Gasteiger partial charge is 0.480 e. The van der Waals surface area contributed by atoms with Crippen molar-refractivity contribution in [3.8, 4) is 0 Å². The van der Waals surface area contributed by atoms with E-state index in [1.165, 1.54) is 7.11 Å². The second kappa shape index (κ2) is 7.32. The van der Waals surface area contributed by atoms with Crippen molar-refractivity contribution < 1.29 is 19.4 Å². The molecule has 0 saturated heterocycles. The molecule has 7 nitrogen and oxygen atoms in total. The van der Waals surface area contributed by atoms with Crippen LogP contribution in [0.4, 0.5) is 4.79 Å². The Morgan fingerprint density at radius 3 is 2.79 bits per heavy atom. The number of carboxylic acid groups (broad SMARTS) is 1. The normalized spacial score (nSPS) is 11.7. The summed E-state index contributed by atoms with van der Waals surface area (Å²) in [6, 6.07) is 3.81. The number of aryl methyl sites for hydroxylation is 1. The van der Waals surface area contributed by atoms with Crippen molar-refractivity contribution in [2.24, 2.45) is 0 Å². The van der Waals surface area contributed by atoms with Gasteiger partial charge in [0.15, 0.2) is 6.04 Å². The van der Waals surface area contributed by atoms with Crippen molar-refractivity contribution in [1.29, 1.82) is 0 Å². The molecule has 1 rings (SSSR count). The molecule has 1 aromatic rings. The van der Waals surface area contributed by atoms with E-state index < -0.39 is 18.0 Å². The number of ether oxygens (including phenoxy) is 1. The molecule has 0 spiro atoms. The number of methoxy groups -OCH3 is 1. The number of nitrogens with one attached hydrogen (secondary N) is 2. The summed E-state index contributed by atoms with van der Waals surface area (Å²) >= 11 is 0. The van der Waals surface area contributed by atoms with Crippen LogP contribution in [0.25, 0.3) is 0 Å². The highest BCUT2D eigenvalue weighted by atomic mass is 16.5. The second-order valence-corrected chi connectivity index (χ2v) is 3.94. The average molecular weight is 267 g/mol. The molecule has 0 aliphatic heterocycles. The van der Waals surface area contributed by atoms with Gasteiger partial charge in [-0.15, -0.1) is 0 Å². The number of carbonyl (C=O) groups is 2. The number of aromatic nitrogens is 1. The van der Waals surface area contributed by atoms with E-state index in [9.17, 15) is 9.59 Å². The molecule has 0 bridgehead atoms. The van der Waals surface area contributed by atoms with Crippen molar-refractivity contribution in [3.63, 3.8) is 0 Å². The monoisotopic (exact) mass is 267 g/mol. The maximum absolute atomic E-state index is 11.5. The van der Waals surface area contributed by atoms with E-state index in [2.05, 4.69) is 15.6 Å². The maximum atomic E-state index is 11.5. The third-order valence-electron chi connectivity index (χ3n) is 2.31.